The lowest BCUT2D eigenvalue weighted by Gasteiger charge is -2.26. The van der Waals surface area contributed by atoms with Gasteiger partial charge in [0.05, 0.1) is 5.92 Å². The number of esters is 1. The fourth-order valence-electron chi connectivity index (χ4n) is 3.28. The zero-order chi connectivity index (χ0) is 18.3. The zero-order valence-electron chi connectivity index (χ0n) is 14.5. The van der Waals surface area contributed by atoms with Crippen molar-refractivity contribution in [1.82, 2.24) is 0 Å². The van der Waals surface area contributed by atoms with Crippen LogP contribution in [0.5, 0.6) is 11.5 Å². The molecule has 0 atom stereocenters. The number of unbranched alkanes of at least 4 members (excludes halogenated alkanes) is 2. The van der Waals surface area contributed by atoms with Crippen molar-refractivity contribution < 1.29 is 27.4 Å². The highest BCUT2D eigenvalue weighted by molar-refractivity contribution is 6.59. The standard InChI is InChI=1S/C18H25F3O3Si/c1-2-3-4-11-25-12-9-14(10-13-25)17(22)23-15-5-7-16(8-6-15)24-18(19,20)21/h5-8,14,25H,2-4,9-13H2,1H3. The Morgan fingerprint density at radius 2 is 1.72 bits per heavy atom. The first-order chi connectivity index (χ1) is 11.9. The second kappa shape index (κ2) is 9.27. The number of halogens is 3. The van der Waals surface area contributed by atoms with Crippen LogP contribution < -0.4 is 9.47 Å². The highest BCUT2D eigenvalue weighted by Gasteiger charge is 2.31. The predicted octanol–water partition coefficient (Wildman–Crippen LogP) is 5.32. The summed E-state index contributed by atoms with van der Waals surface area (Å²) < 4.78 is 45.5. The average molecular weight is 374 g/mol. The van der Waals surface area contributed by atoms with Gasteiger partial charge in [-0.25, -0.2) is 0 Å². The Bertz CT molecular complexity index is 537. The summed E-state index contributed by atoms with van der Waals surface area (Å²) in [6.45, 7) is 2.20. The van der Waals surface area contributed by atoms with Crippen LogP contribution in [0.3, 0.4) is 0 Å². The first-order valence-electron chi connectivity index (χ1n) is 8.95. The van der Waals surface area contributed by atoms with Gasteiger partial charge in [-0.1, -0.05) is 44.3 Å². The van der Waals surface area contributed by atoms with Crippen LogP contribution in [0.2, 0.25) is 18.1 Å². The number of hydrogen-bond donors (Lipinski definition) is 0. The molecule has 0 bridgehead atoms. The van der Waals surface area contributed by atoms with E-state index in [0.29, 0.717) is 0 Å². The predicted molar refractivity (Wildman–Crippen MR) is 92.6 cm³/mol. The van der Waals surface area contributed by atoms with Gasteiger partial charge in [0, 0.05) is 8.80 Å². The van der Waals surface area contributed by atoms with E-state index >= 15 is 0 Å². The molecule has 1 fully saturated rings. The van der Waals surface area contributed by atoms with E-state index in [4.69, 9.17) is 4.74 Å². The van der Waals surface area contributed by atoms with E-state index in [1.54, 1.807) is 0 Å². The van der Waals surface area contributed by atoms with Crippen molar-refractivity contribution in [2.24, 2.45) is 5.92 Å². The summed E-state index contributed by atoms with van der Waals surface area (Å²) in [5, 5.41) is 0. The minimum absolute atomic E-state index is 0.0824. The molecule has 0 aromatic heterocycles. The van der Waals surface area contributed by atoms with E-state index in [1.165, 1.54) is 49.5 Å². The van der Waals surface area contributed by atoms with Crippen molar-refractivity contribution >= 4 is 14.8 Å². The van der Waals surface area contributed by atoms with Crippen LogP contribution >= 0.6 is 0 Å². The highest BCUT2D eigenvalue weighted by Crippen LogP contribution is 2.30. The van der Waals surface area contributed by atoms with Gasteiger partial charge in [0.15, 0.2) is 0 Å². The number of alkyl halides is 3. The summed E-state index contributed by atoms with van der Waals surface area (Å²) in [7, 11) is -0.681. The van der Waals surface area contributed by atoms with Gasteiger partial charge in [-0.3, -0.25) is 4.79 Å². The molecular formula is C18H25F3O3Si. The third-order valence-electron chi connectivity index (χ3n) is 4.67. The summed E-state index contributed by atoms with van der Waals surface area (Å²) in [6, 6.07) is 8.68. The van der Waals surface area contributed by atoms with Crippen molar-refractivity contribution in [2.45, 2.75) is 63.5 Å². The molecule has 0 radical (unpaired) electrons. The molecule has 0 amide bonds. The number of carbonyl (C=O) groups excluding carboxylic acids is 1. The number of benzene rings is 1. The molecule has 2 rings (SSSR count). The monoisotopic (exact) mass is 374 g/mol. The molecule has 1 aliphatic heterocycles. The maximum Gasteiger partial charge on any atom is 0.573 e. The maximum absolute atomic E-state index is 12.2. The van der Waals surface area contributed by atoms with Crippen molar-refractivity contribution in [1.29, 1.82) is 0 Å². The Morgan fingerprint density at radius 1 is 1.12 bits per heavy atom. The molecule has 0 spiro atoms. The van der Waals surface area contributed by atoms with E-state index in [-0.39, 0.29) is 23.4 Å². The Morgan fingerprint density at radius 3 is 2.28 bits per heavy atom. The van der Waals surface area contributed by atoms with Gasteiger partial charge in [0.1, 0.15) is 11.5 Å². The van der Waals surface area contributed by atoms with Gasteiger partial charge < -0.3 is 9.47 Å². The van der Waals surface area contributed by atoms with Crippen LogP contribution in [0, 0.1) is 5.92 Å². The lowest BCUT2D eigenvalue weighted by Crippen LogP contribution is -2.28. The van der Waals surface area contributed by atoms with E-state index in [2.05, 4.69) is 11.7 Å². The van der Waals surface area contributed by atoms with E-state index in [9.17, 15) is 18.0 Å². The summed E-state index contributed by atoms with van der Waals surface area (Å²) >= 11 is 0. The minimum Gasteiger partial charge on any atom is -0.426 e. The molecule has 1 aromatic carbocycles. The Labute approximate surface area is 148 Å². The quantitative estimate of drug-likeness (QED) is 0.280. The number of carbonyl (C=O) groups is 1. The molecule has 0 unspecified atom stereocenters. The van der Waals surface area contributed by atoms with E-state index < -0.39 is 15.2 Å². The Kier molecular flexibility index (Phi) is 7.34. The topological polar surface area (TPSA) is 35.5 Å². The van der Waals surface area contributed by atoms with Crippen molar-refractivity contribution in [3.8, 4) is 11.5 Å². The van der Waals surface area contributed by atoms with Crippen molar-refractivity contribution in [3.63, 3.8) is 0 Å². The van der Waals surface area contributed by atoms with Gasteiger partial charge in [0.25, 0.3) is 0 Å². The molecule has 0 aliphatic carbocycles. The lowest BCUT2D eigenvalue weighted by molar-refractivity contribution is -0.274. The van der Waals surface area contributed by atoms with Crippen LogP contribution in [-0.4, -0.2) is 21.1 Å². The smallest absolute Gasteiger partial charge is 0.426 e. The van der Waals surface area contributed by atoms with E-state index in [1.807, 2.05) is 0 Å². The largest absolute Gasteiger partial charge is 0.573 e. The van der Waals surface area contributed by atoms with Crippen molar-refractivity contribution in [3.05, 3.63) is 24.3 Å². The molecule has 140 valence electrons. The molecule has 0 saturated carbocycles. The van der Waals surface area contributed by atoms with Gasteiger partial charge in [-0.15, -0.1) is 13.2 Å². The second-order valence-electron chi connectivity index (χ2n) is 6.65. The summed E-state index contributed by atoms with van der Waals surface area (Å²) in [6.07, 6.45) is 0.896. The Balaban J connectivity index is 1.77. The van der Waals surface area contributed by atoms with Crippen molar-refractivity contribution in [2.75, 3.05) is 0 Å². The minimum atomic E-state index is -4.72. The van der Waals surface area contributed by atoms with Crippen LogP contribution in [0.1, 0.15) is 39.0 Å². The molecule has 25 heavy (non-hydrogen) atoms. The van der Waals surface area contributed by atoms with E-state index in [0.717, 1.165) is 25.0 Å². The number of hydrogen-bond acceptors (Lipinski definition) is 3. The first kappa shape index (κ1) is 19.8. The average Bonchev–Trinajstić information content (AvgIpc) is 2.56. The maximum atomic E-state index is 12.2. The molecule has 1 aliphatic rings. The Hall–Kier alpha value is -1.50. The van der Waals surface area contributed by atoms with Crippen LogP contribution in [0.15, 0.2) is 24.3 Å². The molecule has 1 aromatic rings. The summed E-state index contributed by atoms with van der Waals surface area (Å²) in [4.78, 5) is 12.2. The van der Waals surface area contributed by atoms with Crippen LogP contribution in [0.25, 0.3) is 0 Å². The highest BCUT2D eigenvalue weighted by atomic mass is 28.3. The molecular weight excluding hydrogens is 349 g/mol. The molecule has 3 nitrogen and oxygen atoms in total. The third kappa shape index (κ3) is 7.10. The fourth-order valence-corrected chi connectivity index (χ4v) is 6.76. The lowest BCUT2D eigenvalue weighted by atomic mass is 10.0. The molecule has 0 N–H and O–H groups in total. The first-order valence-corrected chi connectivity index (χ1v) is 11.4. The SMILES string of the molecule is CCCCC[SiH]1CCC(C(=O)Oc2ccc(OC(F)(F)F)cc2)CC1. The molecule has 7 heteroatoms. The summed E-state index contributed by atoms with van der Waals surface area (Å²) in [5.74, 6) is -0.431. The van der Waals surface area contributed by atoms with Gasteiger partial charge in [-0.2, -0.15) is 0 Å². The number of ether oxygens (including phenoxy) is 2. The van der Waals surface area contributed by atoms with Gasteiger partial charge >= 0.3 is 12.3 Å². The number of rotatable bonds is 7. The van der Waals surface area contributed by atoms with Crippen LogP contribution in [0.4, 0.5) is 13.2 Å². The normalized spacial score (nSPS) is 21.0. The van der Waals surface area contributed by atoms with Crippen LogP contribution in [-0.2, 0) is 4.79 Å². The molecule has 1 heterocycles. The van der Waals surface area contributed by atoms with Gasteiger partial charge in [-0.05, 0) is 37.1 Å². The second-order valence-corrected chi connectivity index (χ2v) is 10.1. The summed E-state index contributed by atoms with van der Waals surface area (Å²) in [5.41, 5.74) is 0. The third-order valence-corrected chi connectivity index (χ3v) is 8.20. The molecule has 1 saturated heterocycles. The zero-order valence-corrected chi connectivity index (χ0v) is 15.6. The van der Waals surface area contributed by atoms with Gasteiger partial charge in [0.2, 0.25) is 0 Å². The fraction of sp³-hybridized carbons (Fsp3) is 0.611.